The van der Waals surface area contributed by atoms with Crippen molar-refractivity contribution in [2.75, 3.05) is 0 Å². The van der Waals surface area contributed by atoms with Gasteiger partial charge in [-0.3, -0.25) is 0 Å². The lowest BCUT2D eigenvalue weighted by atomic mass is 10.3. The molecule has 0 unspecified atom stereocenters. The standard InChI is InChI=1S/C10H12ClN3/c1-6(2)14-5-12-8-4-7(3)9(11)13-10(8)14/h4-6H,1-3H3. The first-order valence-corrected chi connectivity index (χ1v) is 4.97. The highest BCUT2D eigenvalue weighted by Crippen LogP contribution is 2.20. The predicted molar refractivity (Wildman–Crippen MR) is 57.7 cm³/mol. The van der Waals surface area contributed by atoms with Gasteiger partial charge in [0.1, 0.15) is 10.7 Å². The predicted octanol–water partition coefficient (Wildman–Crippen LogP) is 2.97. The van der Waals surface area contributed by atoms with E-state index in [9.17, 15) is 0 Å². The Morgan fingerprint density at radius 1 is 1.43 bits per heavy atom. The Morgan fingerprint density at radius 2 is 2.14 bits per heavy atom. The van der Waals surface area contributed by atoms with E-state index in [1.54, 1.807) is 6.33 Å². The molecule has 74 valence electrons. The van der Waals surface area contributed by atoms with Crippen LogP contribution in [0.1, 0.15) is 25.5 Å². The summed E-state index contributed by atoms with van der Waals surface area (Å²) in [6.45, 7) is 6.12. The minimum Gasteiger partial charge on any atom is -0.313 e. The van der Waals surface area contributed by atoms with Gasteiger partial charge in [0.25, 0.3) is 0 Å². The number of fused-ring (bicyclic) bond motifs is 1. The van der Waals surface area contributed by atoms with Gasteiger partial charge >= 0.3 is 0 Å². The van der Waals surface area contributed by atoms with Gasteiger partial charge < -0.3 is 4.57 Å². The minimum atomic E-state index is 0.353. The second-order valence-corrected chi connectivity index (χ2v) is 4.04. The number of imidazole rings is 1. The van der Waals surface area contributed by atoms with Crippen LogP contribution in [0, 0.1) is 6.92 Å². The fourth-order valence-electron chi connectivity index (χ4n) is 1.41. The molecule has 2 aromatic heterocycles. The highest BCUT2D eigenvalue weighted by atomic mass is 35.5. The van der Waals surface area contributed by atoms with Crippen LogP contribution in [0.5, 0.6) is 0 Å². The number of halogens is 1. The van der Waals surface area contributed by atoms with E-state index in [-0.39, 0.29) is 0 Å². The van der Waals surface area contributed by atoms with Gasteiger partial charge in [0.2, 0.25) is 0 Å². The molecule has 0 radical (unpaired) electrons. The molecule has 4 heteroatoms. The molecule has 2 rings (SSSR count). The summed E-state index contributed by atoms with van der Waals surface area (Å²) in [5.74, 6) is 0. The van der Waals surface area contributed by atoms with Crippen molar-refractivity contribution in [2.45, 2.75) is 26.8 Å². The SMILES string of the molecule is Cc1cc2ncn(C(C)C)c2nc1Cl. The van der Waals surface area contributed by atoms with E-state index in [0.29, 0.717) is 11.2 Å². The molecule has 0 atom stereocenters. The lowest BCUT2D eigenvalue weighted by molar-refractivity contribution is 0.613. The fourth-order valence-corrected chi connectivity index (χ4v) is 1.54. The molecule has 2 heterocycles. The summed E-state index contributed by atoms with van der Waals surface area (Å²) < 4.78 is 2.01. The van der Waals surface area contributed by atoms with Gasteiger partial charge in [0, 0.05) is 6.04 Å². The molecule has 0 saturated heterocycles. The number of aryl methyl sites for hydroxylation is 1. The molecule has 0 aliphatic rings. The van der Waals surface area contributed by atoms with Crippen molar-refractivity contribution in [3.05, 3.63) is 23.1 Å². The average Bonchev–Trinajstić information content (AvgIpc) is 2.48. The number of nitrogens with zero attached hydrogens (tertiary/aromatic N) is 3. The van der Waals surface area contributed by atoms with Crippen LogP contribution in [0.25, 0.3) is 11.2 Å². The molecule has 0 bridgehead atoms. The van der Waals surface area contributed by atoms with E-state index in [0.717, 1.165) is 16.7 Å². The van der Waals surface area contributed by atoms with Crippen molar-refractivity contribution < 1.29 is 0 Å². The first-order chi connectivity index (χ1) is 6.59. The third-order valence-corrected chi connectivity index (χ3v) is 2.62. The van der Waals surface area contributed by atoms with Gasteiger partial charge in [-0.15, -0.1) is 0 Å². The maximum absolute atomic E-state index is 5.97. The number of aromatic nitrogens is 3. The minimum absolute atomic E-state index is 0.353. The summed E-state index contributed by atoms with van der Waals surface area (Å²) in [6, 6.07) is 2.31. The number of hydrogen-bond donors (Lipinski definition) is 0. The van der Waals surface area contributed by atoms with E-state index in [4.69, 9.17) is 11.6 Å². The van der Waals surface area contributed by atoms with E-state index in [1.165, 1.54) is 0 Å². The normalized spacial score (nSPS) is 11.5. The lowest BCUT2D eigenvalue weighted by Crippen LogP contribution is -1.99. The fraction of sp³-hybridized carbons (Fsp3) is 0.400. The van der Waals surface area contributed by atoms with Crippen LogP contribution in [0.2, 0.25) is 5.15 Å². The van der Waals surface area contributed by atoms with E-state index >= 15 is 0 Å². The van der Waals surface area contributed by atoms with Crippen LogP contribution < -0.4 is 0 Å². The lowest BCUT2D eigenvalue weighted by Gasteiger charge is -2.07. The van der Waals surface area contributed by atoms with Crippen LogP contribution >= 0.6 is 11.6 Å². The van der Waals surface area contributed by atoms with Crippen molar-refractivity contribution in [1.82, 2.24) is 14.5 Å². The maximum Gasteiger partial charge on any atom is 0.161 e. The molecule has 0 amide bonds. The largest absolute Gasteiger partial charge is 0.313 e. The monoisotopic (exact) mass is 209 g/mol. The van der Waals surface area contributed by atoms with Crippen LogP contribution in [-0.4, -0.2) is 14.5 Å². The second-order valence-electron chi connectivity index (χ2n) is 3.68. The molecule has 0 N–H and O–H groups in total. The number of hydrogen-bond acceptors (Lipinski definition) is 2. The first kappa shape index (κ1) is 9.46. The zero-order valence-electron chi connectivity index (χ0n) is 8.45. The first-order valence-electron chi connectivity index (χ1n) is 4.59. The van der Waals surface area contributed by atoms with Gasteiger partial charge in [-0.05, 0) is 32.4 Å². The Bertz CT molecular complexity index is 473. The van der Waals surface area contributed by atoms with Gasteiger partial charge in [0.05, 0.1) is 6.33 Å². The van der Waals surface area contributed by atoms with E-state index in [1.807, 2.05) is 17.6 Å². The summed E-state index contributed by atoms with van der Waals surface area (Å²) in [5, 5.41) is 0.555. The quantitative estimate of drug-likeness (QED) is 0.676. The van der Waals surface area contributed by atoms with Crippen molar-refractivity contribution in [2.24, 2.45) is 0 Å². The molecular formula is C10H12ClN3. The summed E-state index contributed by atoms with van der Waals surface area (Å²) in [7, 11) is 0. The molecule has 2 aromatic rings. The van der Waals surface area contributed by atoms with E-state index < -0.39 is 0 Å². The molecular weight excluding hydrogens is 198 g/mol. The third-order valence-electron chi connectivity index (χ3n) is 2.23. The molecule has 14 heavy (non-hydrogen) atoms. The summed E-state index contributed by atoms with van der Waals surface area (Å²) in [5.41, 5.74) is 2.73. The average molecular weight is 210 g/mol. The third kappa shape index (κ3) is 1.38. The van der Waals surface area contributed by atoms with Gasteiger partial charge in [-0.25, -0.2) is 9.97 Å². The van der Waals surface area contributed by atoms with Crippen molar-refractivity contribution >= 4 is 22.8 Å². The summed E-state index contributed by atoms with van der Waals surface area (Å²) >= 11 is 5.97. The zero-order chi connectivity index (χ0) is 10.3. The summed E-state index contributed by atoms with van der Waals surface area (Å²) in [4.78, 5) is 8.61. The smallest absolute Gasteiger partial charge is 0.161 e. The molecule has 0 aliphatic heterocycles. The molecule has 3 nitrogen and oxygen atoms in total. The van der Waals surface area contributed by atoms with Gasteiger partial charge in [0.15, 0.2) is 5.65 Å². The Morgan fingerprint density at radius 3 is 2.79 bits per heavy atom. The highest BCUT2D eigenvalue weighted by Gasteiger charge is 2.08. The van der Waals surface area contributed by atoms with Crippen LogP contribution in [0.4, 0.5) is 0 Å². The van der Waals surface area contributed by atoms with Crippen LogP contribution in [0.15, 0.2) is 12.4 Å². The van der Waals surface area contributed by atoms with Gasteiger partial charge in [-0.1, -0.05) is 11.6 Å². The molecule has 0 aliphatic carbocycles. The maximum atomic E-state index is 5.97. The molecule has 0 aromatic carbocycles. The van der Waals surface area contributed by atoms with Crippen LogP contribution in [-0.2, 0) is 0 Å². The molecule has 0 spiro atoms. The Labute approximate surface area is 87.7 Å². The number of pyridine rings is 1. The van der Waals surface area contributed by atoms with Crippen molar-refractivity contribution in [3.8, 4) is 0 Å². The highest BCUT2D eigenvalue weighted by molar-refractivity contribution is 6.30. The zero-order valence-corrected chi connectivity index (χ0v) is 9.21. The Kier molecular flexibility index (Phi) is 2.19. The van der Waals surface area contributed by atoms with E-state index in [2.05, 4.69) is 23.8 Å². The Balaban J connectivity index is 2.74. The molecule has 0 saturated carbocycles. The van der Waals surface area contributed by atoms with Gasteiger partial charge in [-0.2, -0.15) is 0 Å². The number of rotatable bonds is 1. The van der Waals surface area contributed by atoms with Crippen molar-refractivity contribution in [3.63, 3.8) is 0 Å². The molecule has 0 fully saturated rings. The Hall–Kier alpha value is -1.09. The van der Waals surface area contributed by atoms with Crippen LogP contribution in [0.3, 0.4) is 0 Å². The second kappa shape index (κ2) is 3.24. The summed E-state index contributed by atoms with van der Waals surface area (Å²) in [6.07, 6.45) is 1.80. The van der Waals surface area contributed by atoms with Crippen molar-refractivity contribution in [1.29, 1.82) is 0 Å². The topological polar surface area (TPSA) is 30.7 Å².